The molecule has 5 nitrogen and oxygen atoms in total. The molecule has 0 radical (unpaired) electrons. The van der Waals surface area contributed by atoms with Gasteiger partial charge in [-0.25, -0.2) is 0 Å². The number of nitrogens with two attached hydrogens (primary N) is 1. The minimum Gasteiger partial charge on any atom is -0.481 e. The van der Waals surface area contributed by atoms with Crippen molar-refractivity contribution in [1.29, 1.82) is 0 Å². The van der Waals surface area contributed by atoms with Crippen LogP contribution in [0.1, 0.15) is 51.9 Å². The number of hydrogen-bond donors (Lipinski definition) is 3. The van der Waals surface area contributed by atoms with E-state index in [4.69, 9.17) is 10.8 Å². The second-order valence-corrected chi connectivity index (χ2v) is 5.04. The van der Waals surface area contributed by atoms with Crippen molar-refractivity contribution in [2.24, 2.45) is 5.73 Å². The minimum absolute atomic E-state index is 0.0167. The summed E-state index contributed by atoms with van der Waals surface area (Å²) in [4.78, 5) is 22.4. The summed E-state index contributed by atoms with van der Waals surface area (Å²) in [5.41, 5.74) is 5.63. The molecule has 1 aliphatic carbocycles. The van der Waals surface area contributed by atoms with Crippen molar-refractivity contribution < 1.29 is 14.7 Å². The molecule has 1 fully saturated rings. The van der Waals surface area contributed by atoms with E-state index in [0.717, 1.165) is 25.7 Å². The van der Waals surface area contributed by atoms with E-state index < -0.39 is 5.97 Å². The van der Waals surface area contributed by atoms with Crippen LogP contribution in [0.4, 0.5) is 0 Å². The summed E-state index contributed by atoms with van der Waals surface area (Å²) in [5, 5.41) is 11.5. The van der Waals surface area contributed by atoms with E-state index in [1.807, 2.05) is 6.92 Å². The number of carboxylic acids is 1. The molecule has 0 spiro atoms. The molecular weight excluding hydrogens is 220 g/mol. The zero-order chi connectivity index (χ0) is 12.9. The van der Waals surface area contributed by atoms with Crippen molar-refractivity contribution >= 4 is 11.9 Å². The van der Waals surface area contributed by atoms with Crippen molar-refractivity contribution in [3.05, 3.63) is 0 Å². The first-order valence-electron chi connectivity index (χ1n) is 6.25. The first kappa shape index (κ1) is 14.0. The van der Waals surface area contributed by atoms with Crippen molar-refractivity contribution in [1.82, 2.24) is 5.32 Å². The SMILES string of the molecule is CCCC(CC(=O)O)NC(=O)CC1(N)CCC1. The molecule has 1 atom stereocenters. The van der Waals surface area contributed by atoms with Crippen molar-refractivity contribution in [3.8, 4) is 0 Å². The maximum absolute atomic E-state index is 11.7. The Labute approximate surface area is 102 Å². The topological polar surface area (TPSA) is 92.4 Å². The summed E-state index contributed by atoms with van der Waals surface area (Å²) in [6.07, 6.45) is 4.69. The van der Waals surface area contributed by atoms with Gasteiger partial charge in [0.1, 0.15) is 0 Å². The van der Waals surface area contributed by atoms with E-state index in [1.165, 1.54) is 0 Å². The highest BCUT2D eigenvalue weighted by atomic mass is 16.4. The van der Waals surface area contributed by atoms with Gasteiger partial charge < -0.3 is 16.2 Å². The molecule has 0 bridgehead atoms. The highest BCUT2D eigenvalue weighted by Crippen LogP contribution is 2.31. The molecule has 1 saturated carbocycles. The molecule has 0 aromatic carbocycles. The first-order valence-corrected chi connectivity index (χ1v) is 6.25. The third kappa shape index (κ3) is 4.73. The summed E-state index contributed by atoms with van der Waals surface area (Å²) in [5.74, 6) is -0.998. The first-order chi connectivity index (χ1) is 7.95. The number of nitrogens with one attached hydrogen (secondary N) is 1. The van der Waals surface area contributed by atoms with E-state index >= 15 is 0 Å². The Morgan fingerprint density at radius 2 is 2.12 bits per heavy atom. The van der Waals surface area contributed by atoms with Gasteiger partial charge in [-0.15, -0.1) is 0 Å². The van der Waals surface area contributed by atoms with Gasteiger partial charge in [0.25, 0.3) is 0 Å². The molecule has 4 N–H and O–H groups in total. The lowest BCUT2D eigenvalue weighted by Gasteiger charge is -2.37. The predicted molar refractivity (Wildman–Crippen MR) is 64.5 cm³/mol. The number of carbonyl (C=O) groups is 2. The average molecular weight is 242 g/mol. The Bertz CT molecular complexity index is 287. The molecule has 0 saturated heterocycles. The van der Waals surface area contributed by atoms with E-state index in [9.17, 15) is 9.59 Å². The quantitative estimate of drug-likeness (QED) is 0.621. The van der Waals surface area contributed by atoms with Crippen LogP contribution >= 0.6 is 0 Å². The molecule has 1 rings (SSSR count). The average Bonchev–Trinajstić information content (AvgIpc) is 2.14. The number of amides is 1. The van der Waals surface area contributed by atoms with Crippen LogP contribution in [0.25, 0.3) is 0 Å². The van der Waals surface area contributed by atoms with Crippen LogP contribution in [0, 0.1) is 0 Å². The monoisotopic (exact) mass is 242 g/mol. The van der Waals surface area contributed by atoms with E-state index in [2.05, 4.69) is 5.32 Å². The van der Waals surface area contributed by atoms with Gasteiger partial charge in [0, 0.05) is 18.0 Å². The lowest BCUT2D eigenvalue weighted by Crippen LogP contribution is -2.51. The number of hydrogen-bond acceptors (Lipinski definition) is 3. The smallest absolute Gasteiger partial charge is 0.305 e. The standard InChI is InChI=1S/C12H22N2O3/c1-2-4-9(7-11(16)17)14-10(15)8-12(13)5-3-6-12/h9H,2-8,13H2,1H3,(H,14,15)(H,16,17). The van der Waals surface area contributed by atoms with Crippen LogP contribution < -0.4 is 11.1 Å². The third-order valence-electron chi connectivity index (χ3n) is 3.29. The Morgan fingerprint density at radius 3 is 2.53 bits per heavy atom. The Hall–Kier alpha value is -1.10. The van der Waals surface area contributed by atoms with Gasteiger partial charge in [0.2, 0.25) is 5.91 Å². The van der Waals surface area contributed by atoms with E-state index in [0.29, 0.717) is 12.8 Å². The van der Waals surface area contributed by atoms with Crippen molar-refractivity contribution in [3.63, 3.8) is 0 Å². The molecule has 98 valence electrons. The molecule has 5 heteroatoms. The maximum Gasteiger partial charge on any atom is 0.305 e. The third-order valence-corrected chi connectivity index (χ3v) is 3.29. The van der Waals surface area contributed by atoms with Crippen molar-refractivity contribution in [2.75, 3.05) is 0 Å². The lowest BCUT2D eigenvalue weighted by atomic mass is 9.75. The molecule has 1 unspecified atom stereocenters. The Kier molecular flexibility index (Phi) is 4.93. The van der Waals surface area contributed by atoms with Gasteiger partial charge in [-0.3, -0.25) is 9.59 Å². The number of carbonyl (C=O) groups excluding carboxylic acids is 1. The predicted octanol–water partition coefficient (Wildman–Crippen LogP) is 1.02. The summed E-state index contributed by atoms with van der Waals surface area (Å²) >= 11 is 0. The van der Waals surface area contributed by atoms with E-state index in [-0.39, 0.29) is 23.9 Å². The second kappa shape index (κ2) is 6.00. The van der Waals surface area contributed by atoms with Crippen LogP contribution in [-0.2, 0) is 9.59 Å². The second-order valence-electron chi connectivity index (χ2n) is 5.04. The van der Waals surface area contributed by atoms with Crippen LogP contribution in [0.2, 0.25) is 0 Å². The largest absolute Gasteiger partial charge is 0.481 e. The fourth-order valence-corrected chi connectivity index (χ4v) is 2.19. The molecule has 1 amide bonds. The molecule has 0 aromatic rings. The summed E-state index contributed by atoms with van der Waals surface area (Å²) in [6.45, 7) is 1.97. The zero-order valence-corrected chi connectivity index (χ0v) is 10.4. The summed E-state index contributed by atoms with van der Waals surface area (Å²) in [6, 6.07) is -0.270. The van der Waals surface area contributed by atoms with E-state index in [1.54, 1.807) is 0 Å². The van der Waals surface area contributed by atoms with Gasteiger partial charge in [0.15, 0.2) is 0 Å². The molecule has 1 aliphatic rings. The summed E-state index contributed by atoms with van der Waals surface area (Å²) in [7, 11) is 0. The molecular formula is C12H22N2O3. The van der Waals surface area contributed by atoms with Crippen molar-refractivity contribution in [2.45, 2.75) is 63.5 Å². The number of aliphatic carboxylic acids is 1. The zero-order valence-electron chi connectivity index (χ0n) is 10.4. The molecule has 0 heterocycles. The maximum atomic E-state index is 11.7. The lowest BCUT2D eigenvalue weighted by molar-refractivity contribution is -0.137. The fourth-order valence-electron chi connectivity index (χ4n) is 2.19. The Balaban J connectivity index is 2.37. The molecule has 0 aromatic heterocycles. The number of rotatable bonds is 7. The van der Waals surface area contributed by atoms with Gasteiger partial charge in [-0.2, -0.15) is 0 Å². The minimum atomic E-state index is -0.880. The Morgan fingerprint density at radius 1 is 1.47 bits per heavy atom. The molecule has 0 aliphatic heterocycles. The van der Waals surface area contributed by atoms with Crippen LogP contribution in [0.5, 0.6) is 0 Å². The van der Waals surface area contributed by atoms with Crippen LogP contribution in [0.15, 0.2) is 0 Å². The van der Waals surface area contributed by atoms with Gasteiger partial charge in [-0.05, 0) is 25.7 Å². The normalized spacial score (nSPS) is 19.2. The highest BCUT2D eigenvalue weighted by Gasteiger charge is 2.35. The number of carboxylic acid groups (broad SMARTS) is 1. The highest BCUT2D eigenvalue weighted by molar-refractivity contribution is 5.78. The van der Waals surface area contributed by atoms with Gasteiger partial charge in [-0.1, -0.05) is 13.3 Å². The summed E-state index contributed by atoms with van der Waals surface area (Å²) < 4.78 is 0. The van der Waals surface area contributed by atoms with Gasteiger partial charge >= 0.3 is 5.97 Å². The van der Waals surface area contributed by atoms with Crippen LogP contribution in [0.3, 0.4) is 0 Å². The molecule has 17 heavy (non-hydrogen) atoms. The fraction of sp³-hybridized carbons (Fsp3) is 0.833. The van der Waals surface area contributed by atoms with Gasteiger partial charge in [0.05, 0.1) is 6.42 Å². The van der Waals surface area contributed by atoms with Crippen LogP contribution in [-0.4, -0.2) is 28.6 Å².